The van der Waals surface area contributed by atoms with E-state index in [0.717, 1.165) is 16.4 Å². The zero-order valence-corrected chi connectivity index (χ0v) is 13.7. The van der Waals surface area contributed by atoms with Gasteiger partial charge >= 0.3 is 0 Å². The third kappa shape index (κ3) is 4.99. The summed E-state index contributed by atoms with van der Waals surface area (Å²) >= 11 is 1.70. The van der Waals surface area contributed by atoms with Crippen LogP contribution in [0.2, 0.25) is 0 Å². The summed E-state index contributed by atoms with van der Waals surface area (Å²) in [6.07, 6.45) is 0. The zero-order valence-electron chi connectivity index (χ0n) is 12.9. The fraction of sp³-hybridized carbons (Fsp3) is 0.294. The maximum absolute atomic E-state index is 5.69. The lowest BCUT2D eigenvalue weighted by molar-refractivity contribution is 0.323. The molecule has 3 N–H and O–H groups in total. The molecule has 0 aliphatic heterocycles. The van der Waals surface area contributed by atoms with E-state index in [9.17, 15) is 0 Å². The minimum absolute atomic E-state index is 0. The first kappa shape index (κ1) is 17.4. The van der Waals surface area contributed by atoms with Crippen LogP contribution in [0.25, 0.3) is 0 Å². The topological polar surface area (TPSA) is 53.5 Å². The number of rotatable bonds is 6. The minimum atomic E-state index is 0. The van der Waals surface area contributed by atoms with Crippen molar-refractivity contribution in [3.63, 3.8) is 0 Å². The van der Waals surface area contributed by atoms with E-state index in [1.54, 1.807) is 11.8 Å². The first-order valence-corrected chi connectivity index (χ1v) is 7.68. The van der Waals surface area contributed by atoms with Gasteiger partial charge in [-0.05, 0) is 51.1 Å². The Morgan fingerprint density at radius 3 is 2.19 bits per heavy atom. The van der Waals surface area contributed by atoms with Gasteiger partial charge < -0.3 is 15.6 Å². The molecule has 0 aromatic heterocycles. The predicted octanol–water partition coefficient (Wildman–Crippen LogP) is 5.11. The molecule has 0 heterocycles. The fourth-order valence-corrected chi connectivity index (χ4v) is 2.76. The van der Waals surface area contributed by atoms with Crippen molar-refractivity contribution in [3.05, 3.63) is 48.0 Å². The summed E-state index contributed by atoms with van der Waals surface area (Å²) in [6, 6.07) is 14.5. The Hall–Kier alpha value is -1.65. The first-order chi connectivity index (χ1) is 9.72. The summed E-state index contributed by atoms with van der Waals surface area (Å²) in [5.41, 5.74) is 1.27. The maximum Gasteiger partial charge on any atom is 0.133 e. The molecule has 0 spiro atoms. The molecular formula is C17H23NO2S. The lowest BCUT2D eigenvalue weighted by atomic mass is 10.2. The van der Waals surface area contributed by atoms with E-state index in [0.29, 0.717) is 13.2 Å². The van der Waals surface area contributed by atoms with Gasteiger partial charge in [0.05, 0.1) is 18.1 Å². The zero-order chi connectivity index (χ0) is 14.4. The molecule has 0 fully saturated rings. The molecule has 0 aliphatic carbocycles. The highest BCUT2D eigenvalue weighted by molar-refractivity contribution is 7.99. The normalized spacial score (nSPS) is 9.86. The Morgan fingerprint density at radius 2 is 1.57 bits per heavy atom. The van der Waals surface area contributed by atoms with E-state index in [-0.39, 0.29) is 6.15 Å². The van der Waals surface area contributed by atoms with Gasteiger partial charge in [-0.25, -0.2) is 0 Å². The smallest absolute Gasteiger partial charge is 0.133 e. The van der Waals surface area contributed by atoms with E-state index in [2.05, 4.69) is 31.2 Å². The van der Waals surface area contributed by atoms with Crippen LogP contribution in [0.5, 0.6) is 11.5 Å². The molecule has 0 atom stereocenters. The van der Waals surface area contributed by atoms with E-state index in [1.807, 2.05) is 32.0 Å². The number of aryl methyl sites for hydroxylation is 1. The molecule has 2 rings (SSSR count). The molecule has 21 heavy (non-hydrogen) atoms. The number of hydrogen-bond donors (Lipinski definition) is 1. The van der Waals surface area contributed by atoms with Gasteiger partial charge in [0.1, 0.15) is 11.5 Å². The monoisotopic (exact) mass is 305 g/mol. The molecule has 0 saturated carbocycles. The van der Waals surface area contributed by atoms with Crippen LogP contribution in [-0.4, -0.2) is 13.2 Å². The Labute approximate surface area is 131 Å². The van der Waals surface area contributed by atoms with Crippen LogP contribution in [0.4, 0.5) is 0 Å². The molecule has 2 aromatic carbocycles. The molecule has 114 valence electrons. The quantitative estimate of drug-likeness (QED) is 0.806. The molecule has 0 aliphatic rings. The van der Waals surface area contributed by atoms with Crippen molar-refractivity contribution in [3.8, 4) is 11.5 Å². The van der Waals surface area contributed by atoms with E-state index >= 15 is 0 Å². The standard InChI is InChI=1S/C17H20O2S.H3N/c1-4-18-14-8-11-16(19-5-2)17(12-14)20-15-9-6-13(3)7-10-15;/h6-12H,4-5H2,1-3H3;1H3. The SMILES string of the molecule is CCOc1ccc(OCC)c(Sc2ccc(C)cc2)c1.N. The molecule has 4 heteroatoms. The second-order valence-electron chi connectivity index (χ2n) is 4.39. The number of hydrogen-bond acceptors (Lipinski definition) is 4. The maximum atomic E-state index is 5.69. The van der Waals surface area contributed by atoms with E-state index in [1.165, 1.54) is 10.5 Å². The first-order valence-electron chi connectivity index (χ1n) is 6.87. The van der Waals surface area contributed by atoms with Gasteiger partial charge in [-0.1, -0.05) is 29.5 Å². The van der Waals surface area contributed by atoms with Crippen LogP contribution in [0.15, 0.2) is 52.3 Å². The molecule has 0 amide bonds. The van der Waals surface area contributed by atoms with Crippen molar-refractivity contribution < 1.29 is 9.47 Å². The summed E-state index contributed by atoms with van der Waals surface area (Å²) in [7, 11) is 0. The van der Waals surface area contributed by atoms with E-state index < -0.39 is 0 Å². The predicted molar refractivity (Wildman–Crippen MR) is 89.1 cm³/mol. The van der Waals surface area contributed by atoms with Crippen molar-refractivity contribution in [2.45, 2.75) is 30.6 Å². The third-order valence-corrected chi connectivity index (χ3v) is 3.82. The van der Waals surface area contributed by atoms with Gasteiger partial charge in [-0.3, -0.25) is 0 Å². The van der Waals surface area contributed by atoms with Crippen molar-refractivity contribution in [2.75, 3.05) is 13.2 Å². The van der Waals surface area contributed by atoms with Gasteiger partial charge in [-0.2, -0.15) is 0 Å². The van der Waals surface area contributed by atoms with Crippen molar-refractivity contribution in [1.82, 2.24) is 6.15 Å². The Morgan fingerprint density at radius 1 is 0.905 bits per heavy atom. The molecule has 0 unspecified atom stereocenters. The molecule has 0 saturated heterocycles. The number of benzene rings is 2. The molecule has 0 radical (unpaired) electrons. The van der Waals surface area contributed by atoms with Crippen LogP contribution in [0.1, 0.15) is 19.4 Å². The summed E-state index contributed by atoms with van der Waals surface area (Å²) in [5.74, 6) is 1.78. The Balaban J connectivity index is 0.00000220. The molecular weight excluding hydrogens is 282 g/mol. The third-order valence-electron chi connectivity index (χ3n) is 2.77. The van der Waals surface area contributed by atoms with Gasteiger partial charge in [-0.15, -0.1) is 0 Å². The van der Waals surface area contributed by atoms with Crippen LogP contribution in [-0.2, 0) is 0 Å². The molecule has 2 aromatic rings. The second kappa shape index (κ2) is 8.60. The summed E-state index contributed by atoms with van der Waals surface area (Å²) in [6.45, 7) is 7.41. The highest BCUT2D eigenvalue weighted by atomic mass is 32.2. The fourth-order valence-electron chi connectivity index (χ4n) is 1.83. The van der Waals surface area contributed by atoms with Crippen LogP contribution >= 0.6 is 11.8 Å². The van der Waals surface area contributed by atoms with Crippen molar-refractivity contribution in [1.29, 1.82) is 0 Å². The van der Waals surface area contributed by atoms with Crippen molar-refractivity contribution in [2.24, 2.45) is 0 Å². The van der Waals surface area contributed by atoms with Crippen LogP contribution < -0.4 is 15.6 Å². The van der Waals surface area contributed by atoms with Crippen LogP contribution in [0, 0.1) is 6.92 Å². The van der Waals surface area contributed by atoms with Gasteiger partial charge in [0.15, 0.2) is 0 Å². The van der Waals surface area contributed by atoms with Gasteiger partial charge in [0, 0.05) is 4.90 Å². The second-order valence-corrected chi connectivity index (χ2v) is 5.51. The Kier molecular flexibility index (Phi) is 7.12. The summed E-state index contributed by atoms with van der Waals surface area (Å²) < 4.78 is 11.3. The van der Waals surface area contributed by atoms with E-state index in [4.69, 9.17) is 9.47 Å². The molecule has 0 bridgehead atoms. The lowest BCUT2D eigenvalue weighted by Crippen LogP contribution is -1.96. The van der Waals surface area contributed by atoms with Gasteiger partial charge in [0.2, 0.25) is 0 Å². The molecule has 3 nitrogen and oxygen atoms in total. The Bertz CT molecular complexity index is 555. The average molecular weight is 305 g/mol. The average Bonchev–Trinajstić information content (AvgIpc) is 2.45. The minimum Gasteiger partial charge on any atom is -0.494 e. The van der Waals surface area contributed by atoms with Crippen LogP contribution in [0.3, 0.4) is 0 Å². The number of ether oxygens (including phenoxy) is 2. The summed E-state index contributed by atoms with van der Waals surface area (Å²) in [4.78, 5) is 2.28. The van der Waals surface area contributed by atoms with Gasteiger partial charge in [0.25, 0.3) is 0 Å². The highest BCUT2D eigenvalue weighted by Gasteiger charge is 2.08. The van der Waals surface area contributed by atoms with Crippen molar-refractivity contribution >= 4 is 11.8 Å². The highest BCUT2D eigenvalue weighted by Crippen LogP contribution is 2.37. The largest absolute Gasteiger partial charge is 0.494 e. The summed E-state index contributed by atoms with van der Waals surface area (Å²) in [5, 5.41) is 0. The lowest BCUT2D eigenvalue weighted by Gasteiger charge is -2.12.